The van der Waals surface area contributed by atoms with Crippen LogP contribution in [-0.4, -0.2) is 6.54 Å². The molecule has 0 amide bonds. The van der Waals surface area contributed by atoms with Crippen LogP contribution < -0.4 is 5.32 Å². The van der Waals surface area contributed by atoms with Gasteiger partial charge in [-0.3, -0.25) is 0 Å². The highest BCUT2D eigenvalue weighted by atomic mass is 35.5. The molecule has 0 bridgehead atoms. The lowest BCUT2D eigenvalue weighted by Crippen LogP contribution is -2.30. The van der Waals surface area contributed by atoms with Gasteiger partial charge in [0.15, 0.2) is 0 Å². The summed E-state index contributed by atoms with van der Waals surface area (Å²) < 4.78 is 0. The molecule has 3 aliphatic rings. The maximum Gasteiger partial charge on any atom is 0.0406 e. The predicted molar refractivity (Wildman–Crippen MR) is 79.3 cm³/mol. The third-order valence-electron chi connectivity index (χ3n) is 5.33. The van der Waals surface area contributed by atoms with Crippen molar-refractivity contribution < 1.29 is 0 Å². The van der Waals surface area contributed by atoms with Gasteiger partial charge in [0, 0.05) is 17.6 Å². The van der Waals surface area contributed by atoms with Gasteiger partial charge in [0.05, 0.1) is 0 Å². The van der Waals surface area contributed by atoms with Gasteiger partial charge in [-0.25, -0.2) is 0 Å². The SMILES string of the molecule is Clc1ccc(C(NCC2(C3CC3)CC2)C2CC2)cc1. The molecule has 0 aromatic heterocycles. The van der Waals surface area contributed by atoms with Crippen LogP contribution in [0.2, 0.25) is 5.02 Å². The van der Waals surface area contributed by atoms with Crippen molar-refractivity contribution in [1.29, 1.82) is 0 Å². The summed E-state index contributed by atoms with van der Waals surface area (Å²) in [6, 6.07) is 9.03. The van der Waals surface area contributed by atoms with E-state index in [0.29, 0.717) is 11.5 Å². The van der Waals surface area contributed by atoms with E-state index in [4.69, 9.17) is 11.6 Å². The van der Waals surface area contributed by atoms with Gasteiger partial charge in [0.25, 0.3) is 0 Å². The van der Waals surface area contributed by atoms with E-state index in [1.165, 1.54) is 50.6 Å². The number of hydrogen-bond acceptors (Lipinski definition) is 1. The highest BCUT2D eigenvalue weighted by molar-refractivity contribution is 6.30. The van der Waals surface area contributed by atoms with Crippen molar-refractivity contribution in [3.8, 4) is 0 Å². The number of benzene rings is 1. The molecular formula is C17H22ClN. The summed E-state index contributed by atoms with van der Waals surface area (Å²) in [7, 11) is 0. The minimum Gasteiger partial charge on any atom is -0.309 e. The molecule has 1 aromatic rings. The molecule has 1 aromatic carbocycles. The van der Waals surface area contributed by atoms with E-state index >= 15 is 0 Å². The van der Waals surface area contributed by atoms with Crippen molar-refractivity contribution >= 4 is 11.6 Å². The Kier molecular flexibility index (Phi) is 2.89. The van der Waals surface area contributed by atoms with Crippen LogP contribution in [-0.2, 0) is 0 Å². The monoisotopic (exact) mass is 275 g/mol. The van der Waals surface area contributed by atoms with Gasteiger partial charge in [0.2, 0.25) is 0 Å². The zero-order valence-corrected chi connectivity index (χ0v) is 12.1. The fourth-order valence-electron chi connectivity index (χ4n) is 3.56. The lowest BCUT2D eigenvalue weighted by Gasteiger charge is -2.23. The van der Waals surface area contributed by atoms with E-state index in [1.807, 2.05) is 12.1 Å². The molecule has 0 spiro atoms. The average molecular weight is 276 g/mol. The molecule has 19 heavy (non-hydrogen) atoms. The number of rotatable bonds is 6. The Balaban J connectivity index is 1.44. The first-order valence-corrected chi connectivity index (χ1v) is 8.13. The molecule has 1 unspecified atom stereocenters. The first kappa shape index (κ1) is 12.2. The molecule has 3 aliphatic carbocycles. The van der Waals surface area contributed by atoms with Crippen LogP contribution in [0.25, 0.3) is 0 Å². The normalized spacial score (nSPS) is 26.2. The Morgan fingerprint density at radius 2 is 1.79 bits per heavy atom. The van der Waals surface area contributed by atoms with Gasteiger partial charge in [-0.05, 0) is 73.5 Å². The van der Waals surface area contributed by atoms with Gasteiger partial charge in [0.1, 0.15) is 0 Å². The Hall–Kier alpha value is -0.530. The molecule has 1 atom stereocenters. The fraction of sp³-hybridized carbons (Fsp3) is 0.647. The molecule has 1 N–H and O–H groups in total. The van der Waals surface area contributed by atoms with E-state index in [1.54, 1.807) is 0 Å². The van der Waals surface area contributed by atoms with Crippen LogP contribution in [0.5, 0.6) is 0 Å². The second kappa shape index (κ2) is 4.49. The second-order valence-corrected chi connectivity index (χ2v) is 7.32. The molecule has 2 heteroatoms. The summed E-state index contributed by atoms with van der Waals surface area (Å²) in [6.07, 6.45) is 8.66. The molecule has 4 rings (SSSR count). The van der Waals surface area contributed by atoms with Crippen LogP contribution >= 0.6 is 11.6 Å². The Bertz CT molecular complexity index is 455. The van der Waals surface area contributed by atoms with Crippen molar-refractivity contribution in [1.82, 2.24) is 5.32 Å². The van der Waals surface area contributed by atoms with Gasteiger partial charge in [-0.1, -0.05) is 23.7 Å². The Morgan fingerprint density at radius 1 is 1.11 bits per heavy atom. The largest absolute Gasteiger partial charge is 0.309 e. The first-order valence-electron chi connectivity index (χ1n) is 7.76. The van der Waals surface area contributed by atoms with E-state index in [0.717, 1.165) is 16.9 Å². The van der Waals surface area contributed by atoms with Crippen LogP contribution in [0.4, 0.5) is 0 Å². The van der Waals surface area contributed by atoms with Crippen LogP contribution in [0.15, 0.2) is 24.3 Å². The lowest BCUT2D eigenvalue weighted by molar-refractivity contribution is 0.359. The van der Waals surface area contributed by atoms with Gasteiger partial charge in [-0.2, -0.15) is 0 Å². The van der Waals surface area contributed by atoms with E-state index in [-0.39, 0.29) is 0 Å². The zero-order chi connectivity index (χ0) is 12.9. The number of hydrogen-bond donors (Lipinski definition) is 1. The molecule has 102 valence electrons. The zero-order valence-electron chi connectivity index (χ0n) is 11.4. The number of nitrogens with one attached hydrogen (secondary N) is 1. The summed E-state index contributed by atoms with van der Waals surface area (Å²) in [4.78, 5) is 0. The van der Waals surface area contributed by atoms with Gasteiger partial charge >= 0.3 is 0 Å². The number of halogens is 1. The molecule has 0 saturated heterocycles. The standard InChI is InChI=1S/C17H22ClN/c18-15-7-3-13(4-8-15)16(12-1-2-12)19-11-17(9-10-17)14-5-6-14/h3-4,7-8,12,14,16,19H,1-2,5-6,9-11H2. The quantitative estimate of drug-likeness (QED) is 0.802. The van der Waals surface area contributed by atoms with Gasteiger partial charge in [-0.15, -0.1) is 0 Å². The van der Waals surface area contributed by atoms with Crippen LogP contribution in [0.1, 0.15) is 50.1 Å². The minimum atomic E-state index is 0.563. The highest BCUT2D eigenvalue weighted by Gasteiger charge is 2.53. The summed E-state index contributed by atoms with van der Waals surface area (Å²) in [5, 5.41) is 4.74. The molecule has 0 aliphatic heterocycles. The summed E-state index contributed by atoms with van der Waals surface area (Å²) >= 11 is 6.00. The molecule has 1 nitrogen and oxygen atoms in total. The average Bonchev–Trinajstić information content (AvgIpc) is 3.28. The fourth-order valence-corrected chi connectivity index (χ4v) is 3.68. The first-order chi connectivity index (χ1) is 9.27. The molecular weight excluding hydrogens is 254 g/mol. The lowest BCUT2D eigenvalue weighted by atomic mass is 9.97. The highest BCUT2D eigenvalue weighted by Crippen LogP contribution is 2.61. The molecule has 3 saturated carbocycles. The van der Waals surface area contributed by atoms with E-state index in [9.17, 15) is 0 Å². The second-order valence-electron chi connectivity index (χ2n) is 6.88. The summed E-state index contributed by atoms with van der Waals surface area (Å²) in [5.41, 5.74) is 2.12. The Morgan fingerprint density at radius 3 is 2.32 bits per heavy atom. The summed E-state index contributed by atoms with van der Waals surface area (Å²) in [5.74, 6) is 1.90. The Labute approximate surface area is 120 Å². The van der Waals surface area contributed by atoms with Crippen molar-refractivity contribution in [2.75, 3.05) is 6.54 Å². The molecule has 3 fully saturated rings. The van der Waals surface area contributed by atoms with Crippen molar-refractivity contribution in [3.63, 3.8) is 0 Å². The minimum absolute atomic E-state index is 0.563. The summed E-state index contributed by atoms with van der Waals surface area (Å²) in [6.45, 7) is 1.24. The third kappa shape index (κ3) is 2.55. The molecule has 0 heterocycles. The maximum absolute atomic E-state index is 6.00. The smallest absolute Gasteiger partial charge is 0.0406 e. The van der Waals surface area contributed by atoms with E-state index < -0.39 is 0 Å². The van der Waals surface area contributed by atoms with Crippen molar-refractivity contribution in [2.24, 2.45) is 17.3 Å². The maximum atomic E-state index is 6.00. The van der Waals surface area contributed by atoms with Crippen molar-refractivity contribution in [2.45, 2.75) is 44.6 Å². The van der Waals surface area contributed by atoms with Crippen LogP contribution in [0.3, 0.4) is 0 Å². The predicted octanol–water partition coefficient (Wildman–Crippen LogP) is 4.57. The van der Waals surface area contributed by atoms with Crippen molar-refractivity contribution in [3.05, 3.63) is 34.9 Å². The molecule has 0 radical (unpaired) electrons. The third-order valence-corrected chi connectivity index (χ3v) is 5.58. The topological polar surface area (TPSA) is 12.0 Å². The van der Waals surface area contributed by atoms with Gasteiger partial charge < -0.3 is 5.32 Å². The van der Waals surface area contributed by atoms with Crippen LogP contribution in [0, 0.1) is 17.3 Å². The van der Waals surface area contributed by atoms with E-state index in [2.05, 4.69) is 17.4 Å².